The van der Waals surface area contributed by atoms with E-state index in [-0.39, 0.29) is 12.3 Å². The molecule has 26 heavy (non-hydrogen) atoms. The summed E-state index contributed by atoms with van der Waals surface area (Å²) < 4.78 is 7.40. The summed E-state index contributed by atoms with van der Waals surface area (Å²) in [7, 11) is 0. The van der Waals surface area contributed by atoms with Gasteiger partial charge in [0.25, 0.3) is 0 Å². The topological polar surface area (TPSA) is 75.6 Å². The molecule has 0 heterocycles. The van der Waals surface area contributed by atoms with Crippen LogP contribution in [-0.4, -0.2) is 17.0 Å². The van der Waals surface area contributed by atoms with Gasteiger partial charge in [-0.05, 0) is 73.7 Å². The number of ether oxygens (including phenoxy) is 1. The Morgan fingerprint density at radius 1 is 1.12 bits per heavy atom. The van der Waals surface area contributed by atoms with Gasteiger partial charge in [-0.1, -0.05) is 19.1 Å². The van der Waals surface area contributed by atoms with Gasteiger partial charge in [0, 0.05) is 18.5 Å². The number of carbonyl (C=O) groups excluding carboxylic acids is 1. The van der Waals surface area contributed by atoms with E-state index in [4.69, 9.17) is 9.84 Å². The second-order valence-corrected chi connectivity index (χ2v) is 7.38. The number of rotatable bonds is 8. The van der Waals surface area contributed by atoms with Gasteiger partial charge in [-0.15, -0.1) is 0 Å². The molecular formula is C19H19Br2NO4. The van der Waals surface area contributed by atoms with Crippen LogP contribution in [0.5, 0.6) is 5.75 Å². The van der Waals surface area contributed by atoms with Crippen LogP contribution in [0.25, 0.3) is 0 Å². The Bertz CT molecular complexity index is 785. The van der Waals surface area contributed by atoms with Crippen LogP contribution in [0, 0.1) is 0 Å². The van der Waals surface area contributed by atoms with E-state index in [1.54, 1.807) is 6.92 Å². The SMILES string of the molecule is CCC(=O)Nc1cccc(COc2c(Br)cc(CCC(=O)O)cc2Br)c1. The average Bonchev–Trinajstić information content (AvgIpc) is 2.59. The molecule has 1 amide bonds. The summed E-state index contributed by atoms with van der Waals surface area (Å²) in [5.74, 6) is -0.217. The van der Waals surface area contributed by atoms with Crippen LogP contribution in [0.1, 0.15) is 30.9 Å². The Morgan fingerprint density at radius 3 is 2.42 bits per heavy atom. The van der Waals surface area contributed by atoms with E-state index in [2.05, 4.69) is 37.2 Å². The van der Waals surface area contributed by atoms with Crippen LogP contribution >= 0.6 is 31.9 Å². The number of aryl methyl sites for hydroxylation is 1. The Balaban J connectivity index is 2.06. The number of nitrogens with one attached hydrogen (secondary N) is 1. The van der Waals surface area contributed by atoms with Crippen LogP contribution in [0.2, 0.25) is 0 Å². The molecule has 2 N–H and O–H groups in total. The first-order valence-corrected chi connectivity index (χ1v) is 9.69. The number of carbonyl (C=O) groups is 2. The first-order valence-electron chi connectivity index (χ1n) is 8.10. The van der Waals surface area contributed by atoms with E-state index in [0.717, 1.165) is 25.8 Å². The minimum absolute atomic E-state index is 0.0366. The zero-order chi connectivity index (χ0) is 19.1. The third-order valence-electron chi connectivity index (χ3n) is 3.60. The van der Waals surface area contributed by atoms with Gasteiger partial charge in [-0.25, -0.2) is 0 Å². The molecule has 0 unspecified atom stereocenters. The molecule has 7 heteroatoms. The average molecular weight is 485 g/mol. The predicted molar refractivity (Wildman–Crippen MR) is 107 cm³/mol. The van der Waals surface area contributed by atoms with Crippen molar-refractivity contribution in [2.24, 2.45) is 0 Å². The monoisotopic (exact) mass is 483 g/mol. The van der Waals surface area contributed by atoms with Crippen molar-refractivity contribution in [1.82, 2.24) is 0 Å². The number of carboxylic acids is 1. The molecule has 0 bridgehead atoms. The molecule has 5 nitrogen and oxygen atoms in total. The normalized spacial score (nSPS) is 10.4. The van der Waals surface area contributed by atoms with E-state index in [0.29, 0.717) is 25.2 Å². The maximum atomic E-state index is 11.5. The van der Waals surface area contributed by atoms with Crippen molar-refractivity contribution in [2.45, 2.75) is 32.8 Å². The number of halogens is 2. The highest BCUT2D eigenvalue weighted by molar-refractivity contribution is 9.11. The predicted octanol–water partition coefficient (Wildman–Crippen LogP) is 5.16. The van der Waals surface area contributed by atoms with Gasteiger partial charge in [0.1, 0.15) is 12.4 Å². The first kappa shape index (κ1) is 20.5. The standard InChI is InChI=1S/C19H19Br2NO4/c1-2-17(23)22-14-5-3-4-13(8-14)11-26-19-15(20)9-12(10-16(19)21)6-7-18(24)25/h3-5,8-10H,2,6-7,11H2,1H3,(H,22,23)(H,24,25). The summed E-state index contributed by atoms with van der Waals surface area (Å²) in [4.78, 5) is 22.2. The lowest BCUT2D eigenvalue weighted by Gasteiger charge is -2.13. The molecule has 2 aromatic carbocycles. The number of hydrogen-bond donors (Lipinski definition) is 2. The van der Waals surface area contributed by atoms with E-state index in [1.807, 2.05) is 36.4 Å². The summed E-state index contributed by atoms with van der Waals surface area (Å²) in [6, 6.07) is 11.2. The quantitative estimate of drug-likeness (QED) is 0.542. The number of amides is 1. The number of carboxylic acid groups (broad SMARTS) is 1. The van der Waals surface area contributed by atoms with Gasteiger partial charge in [-0.2, -0.15) is 0 Å². The van der Waals surface area contributed by atoms with Crippen molar-refractivity contribution in [3.05, 3.63) is 56.5 Å². The molecule has 2 aromatic rings. The molecular weight excluding hydrogens is 466 g/mol. The van der Waals surface area contributed by atoms with Crippen molar-refractivity contribution in [3.8, 4) is 5.75 Å². The van der Waals surface area contributed by atoms with Gasteiger partial charge >= 0.3 is 5.97 Å². The van der Waals surface area contributed by atoms with E-state index >= 15 is 0 Å². The fourth-order valence-corrected chi connectivity index (χ4v) is 3.80. The van der Waals surface area contributed by atoms with Crippen LogP contribution in [-0.2, 0) is 22.6 Å². The van der Waals surface area contributed by atoms with Crippen molar-refractivity contribution >= 4 is 49.4 Å². The summed E-state index contributed by atoms with van der Waals surface area (Å²) >= 11 is 6.95. The molecule has 0 saturated carbocycles. The Hall–Kier alpha value is -1.86. The Morgan fingerprint density at radius 2 is 1.81 bits per heavy atom. The van der Waals surface area contributed by atoms with E-state index < -0.39 is 5.97 Å². The van der Waals surface area contributed by atoms with E-state index in [9.17, 15) is 9.59 Å². The van der Waals surface area contributed by atoms with Gasteiger partial charge in [0.2, 0.25) is 5.91 Å². The van der Waals surface area contributed by atoms with Crippen molar-refractivity contribution in [1.29, 1.82) is 0 Å². The molecule has 0 aliphatic heterocycles. The number of hydrogen-bond acceptors (Lipinski definition) is 3. The molecule has 0 radical (unpaired) electrons. The van der Waals surface area contributed by atoms with Crippen molar-refractivity contribution in [3.63, 3.8) is 0 Å². The second-order valence-electron chi connectivity index (χ2n) is 5.67. The van der Waals surface area contributed by atoms with E-state index in [1.165, 1.54) is 0 Å². The molecule has 0 aliphatic rings. The lowest BCUT2D eigenvalue weighted by molar-refractivity contribution is -0.137. The zero-order valence-corrected chi connectivity index (χ0v) is 17.4. The largest absolute Gasteiger partial charge is 0.487 e. The summed E-state index contributed by atoms with van der Waals surface area (Å²) in [6.07, 6.45) is 0.955. The fourth-order valence-electron chi connectivity index (χ4n) is 2.29. The molecule has 0 spiro atoms. The van der Waals surface area contributed by atoms with Gasteiger partial charge < -0.3 is 15.2 Å². The second kappa shape index (κ2) is 9.73. The number of anilines is 1. The third-order valence-corrected chi connectivity index (χ3v) is 4.78. The smallest absolute Gasteiger partial charge is 0.303 e. The highest BCUT2D eigenvalue weighted by Gasteiger charge is 2.11. The lowest BCUT2D eigenvalue weighted by atomic mass is 10.1. The number of benzene rings is 2. The lowest BCUT2D eigenvalue weighted by Crippen LogP contribution is -2.09. The summed E-state index contributed by atoms with van der Waals surface area (Å²) in [5, 5.41) is 11.6. The molecule has 0 fully saturated rings. The van der Waals surface area contributed by atoms with Crippen LogP contribution in [0.4, 0.5) is 5.69 Å². The molecule has 138 valence electrons. The summed E-state index contributed by atoms with van der Waals surface area (Å²) in [6.45, 7) is 2.14. The van der Waals surface area contributed by atoms with Crippen LogP contribution in [0.15, 0.2) is 45.3 Å². The molecule has 0 saturated heterocycles. The minimum atomic E-state index is -0.826. The minimum Gasteiger partial charge on any atom is -0.487 e. The Kier molecular flexibility index (Phi) is 7.66. The molecule has 0 aliphatic carbocycles. The van der Waals surface area contributed by atoms with Gasteiger partial charge in [0.05, 0.1) is 8.95 Å². The molecule has 0 atom stereocenters. The van der Waals surface area contributed by atoms with Gasteiger partial charge in [0.15, 0.2) is 0 Å². The van der Waals surface area contributed by atoms with Gasteiger partial charge in [-0.3, -0.25) is 9.59 Å². The highest BCUT2D eigenvalue weighted by atomic mass is 79.9. The van der Waals surface area contributed by atoms with Crippen molar-refractivity contribution in [2.75, 3.05) is 5.32 Å². The summed E-state index contributed by atoms with van der Waals surface area (Å²) in [5.41, 5.74) is 2.57. The number of aliphatic carboxylic acids is 1. The fraction of sp³-hybridized carbons (Fsp3) is 0.263. The third kappa shape index (κ3) is 6.14. The van der Waals surface area contributed by atoms with Crippen LogP contribution < -0.4 is 10.1 Å². The molecule has 0 aromatic heterocycles. The molecule has 2 rings (SSSR count). The maximum Gasteiger partial charge on any atom is 0.303 e. The highest BCUT2D eigenvalue weighted by Crippen LogP contribution is 2.35. The van der Waals surface area contributed by atoms with Crippen molar-refractivity contribution < 1.29 is 19.4 Å². The van der Waals surface area contributed by atoms with Crippen LogP contribution in [0.3, 0.4) is 0 Å². The zero-order valence-electron chi connectivity index (χ0n) is 14.2. The maximum absolute atomic E-state index is 11.5. The Labute approximate surface area is 169 Å². The first-order chi connectivity index (χ1) is 12.4.